The second-order valence-corrected chi connectivity index (χ2v) is 4.70. The molecule has 0 fully saturated rings. The van der Waals surface area contributed by atoms with Crippen LogP contribution in [0, 0.1) is 0 Å². The van der Waals surface area contributed by atoms with Crippen molar-refractivity contribution >= 4 is 9.46 Å². The van der Waals surface area contributed by atoms with Gasteiger partial charge in [0.25, 0.3) is 0 Å². The van der Waals surface area contributed by atoms with Gasteiger partial charge in [0.2, 0.25) is 6.17 Å². The molecule has 0 aliphatic heterocycles. The van der Waals surface area contributed by atoms with Gasteiger partial charge in [0, 0.05) is 5.56 Å². The van der Waals surface area contributed by atoms with Crippen LogP contribution in [-0.2, 0) is 5.92 Å². The molecule has 0 heterocycles. The summed E-state index contributed by atoms with van der Waals surface area (Å²) in [6.45, 7) is 0. The highest BCUT2D eigenvalue weighted by molar-refractivity contribution is 6.46. The van der Waals surface area contributed by atoms with Crippen LogP contribution in [0.4, 0.5) is 30.2 Å². The number of hydrogen-bond donors (Lipinski definition) is 0. The molecule has 96 valence electrons. The zero-order valence-corrected chi connectivity index (χ0v) is 9.34. The summed E-state index contributed by atoms with van der Waals surface area (Å²) >= 11 is 0. The van der Waals surface area contributed by atoms with Gasteiger partial charge >= 0.3 is 20.9 Å². The van der Waals surface area contributed by atoms with Gasteiger partial charge in [-0.2, -0.15) is 8.78 Å². The van der Waals surface area contributed by atoms with E-state index >= 15 is 0 Å². The minimum Gasteiger partial charge on any atom is -0.268 e. The Balaban J connectivity index is 3.07. The number of halogens is 7. The van der Waals surface area contributed by atoms with Crippen molar-refractivity contribution in [2.75, 3.05) is 0 Å². The fraction of sp³-hybridized carbons (Fsp3) is 0.333. The van der Waals surface area contributed by atoms with Crippen LogP contribution in [0.1, 0.15) is 5.56 Å². The van der Waals surface area contributed by atoms with Gasteiger partial charge in [-0.05, 0) is 0 Å². The second kappa shape index (κ2) is 4.67. The van der Waals surface area contributed by atoms with Crippen molar-refractivity contribution in [2.24, 2.45) is 0 Å². The Morgan fingerprint density at radius 1 is 0.941 bits per heavy atom. The highest BCUT2D eigenvalue weighted by Gasteiger charge is 2.62. The summed E-state index contributed by atoms with van der Waals surface area (Å²) in [4.78, 5) is 0. The molecule has 1 rings (SSSR count). The smallest absolute Gasteiger partial charge is 0.268 e. The first-order valence-electron chi connectivity index (χ1n) is 4.44. The molecule has 0 saturated heterocycles. The second-order valence-electron chi connectivity index (χ2n) is 3.33. The van der Waals surface area contributed by atoms with E-state index in [9.17, 15) is 30.2 Å². The number of hydrogen-bond acceptors (Lipinski definition) is 0. The Morgan fingerprint density at radius 3 is 1.82 bits per heavy atom. The molecule has 0 N–H and O–H groups in total. The lowest BCUT2D eigenvalue weighted by Crippen LogP contribution is -2.49. The summed E-state index contributed by atoms with van der Waals surface area (Å²) in [5, 5.41) is 0. The molecule has 0 aliphatic carbocycles. The van der Waals surface area contributed by atoms with Crippen LogP contribution in [0.5, 0.6) is 0 Å². The normalized spacial score (nSPS) is 15.1. The molecule has 8 heteroatoms. The summed E-state index contributed by atoms with van der Waals surface area (Å²) in [6, 6.07) is 4.88. The van der Waals surface area contributed by atoms with Crippen LogP contribution in [0.2, 0.25) is 0 Å². The van der Waals surface area contributed by atoms with Crippen molar-refractivity contribution in [1.82, 2.24) is 0 Å². The molecule has 0 amide bonds. The molecule has 1 aromatic rings. The van der Waals surface area contributed by atoms with Gasteiger partial charge in [-0.3, -0.25) is 8.22 Å². The summed E-state index contributed by atoms with van der Waals surface area (Å²) in [5.74, 6) is -4.64. The first kappa shape index (κ1) is 14.0. The van der Waals surface area contributed by atoms with E-state index in [0.29, 0.717) is 12.1 Å². The molecule has 1 unspecified atom stereocenters. The monoisotopic (exact) mass is 276 g/mol. The fourth-order valence-electron chi connectivity index (χ4n) is 1.16. The van der Waals surface area contributed by atoms with Crippen LogP contribution < -0.4 is 0 Å². The largest absolute Gasteiger partial charge is 0.484 e. The van der Waals surface area contributed by atoms with Crippen LogP contribution in [0.25, 0.3) is 0 Å². The van der Waals surface area contributed by atoms with E-state index in [1.165, 1.54) is 6.07 Å². The lowest BCUT2D eigenvalue weighted by atomic mass is 10.0. The average Bonchev–Trinajstić information content (AvgIpc) is 2.29. The Hall–Kier alpha value is -1.05. The standard InChI is InChI=1S/C9H7F7Si/c10-7(9(13,14)17(15)16)8(11,12)6-4-2-1-3-5-6/h1-5,7,17H. The van der Waals surface area contributed by atoms with Gasteiger partial charge in [-0.1, -0.05) is 30.3 Å². The van der Waals surface area contributed by atoms with Crippen molar-refractivity contribution in [3.8, 4) is 0 Å². The lowest BCUT2D eigenvalue weighted by molar-refractivity contribution is -0.158. The molecular formula is C9H7F7Si. The summed E-state index contributed by atoms with van der Waals surface area (Å²) in [5.41, 5.74) is -6.32. The molecule has 1 aromatic carbocycles. The van der Waals surface area contributed by atoms with Crippen LogP contribution in [-0.4, -0.2) is 21.2 Å². The number of rotatable bonds is 4. The minimum atomic E-state index is -5.85. The van der Waals surface area contributed by atoms with Gasteiger partial charge in [0.1, 0.15) is 0 Å². The number of benzene rings is 1. The molecule has 0 spiro atoms. The third kappa shape index (κ3) is 2.62. The van der Waals surface area contributed by atoms with E-state index in [0.717, 1.165) is 12.1 Å². The Bertz CT molecular complexity index is 365. The van der Waals surface area contributed by atoms with E-state index in [2.05, 4.69) is 0 Å². The summed E-state index contributed by atoms with van der Waals surface area (Å²) in [6.07, 6.45) is -4.22. The predicted octanol–water partition coefficient (Wildman–Crippen LogP) is 3.45. The maximum absolute atomic E-state index is 13.2. The van der Waals surface area contributed by atoms with Crippen molar-refractivity contribution in [1.29, 1.82) is 0 Å². The van der Waals surface area contributed by atoms with Crippen molar-refractivity contribution in [3.63, 3.8) is 0 Å². The van der Waals surface area contributed by atoms with E-state index in [1.807, 2.05) is 0 Å². The van der Waals surface area contributed by atoms with Crippen LogP contribution in [0.15, 0.2) is 30.3 Å². The molecular weight excluding hydrogens is 269 g/mol. The molecule has 17 heavy (non-hydrogen) atoms. The van der Waals surface area contributed by atoms with Crippen LogP contribution >= 0.6 is 0 Å². The van der Waals surface area contributed by atoms with E-state index < -0.39 is 32.7 Å². The van der Waals surface area contributed by atoms with Gasteiger partial charge in [0.05, 0.1) is 0 Å². The van der Waals surface area contributed by atoms with E-state index in [-0.39, 0.29) is 0 Å². The quantitative estimate of drug-likeness (QED) is 0.449. The van der Waals surface area contributed by atoms with E-state index in [1.54, 1.807) is 0 Å². The Kier molecular flexibility index (Phi) is 3.85. The average molecular weight is 276 g/mol. The van der Waals surface area contributed by atoms with Crippen molar-refractivity contribution < 1.29 is 30.2 Å². The van der Waals surface area contributed by atoms with Gasteiger partial charge in [-0.25, -0.2) is 13.2 Å². The predicted molar refractivity (Wildman–Crippen MR) is 49.5 cm³/mol. The minimum absolute atomic E-state index is 0.704. The lowest BCUT2D eigenvalue weighted by Gasteiger charge is -2.26. The van der Waals surface area contributed by atoms with Gasteiger partial charge in [-0.15, -0.1) is 0 Å². The van der Waals surface area contributed by atoms with Gasteiger partial charge < -0.3 is 0 Å². The number of alkyl halides is 5. The van der Waals surface area contributed by atoms with Crippen LogP contribution in [0.3, 0.4) is 0 Å². The Morgan fingerprint density at radius 2 is 1.41 bits per heavy atom. The zero-order chi connectivity index (χ0) is 13.3. The maximum Gasteiger partial charge on any atom is 0.484 e. The third-order valence-electron chi connectivity index (χ3n) is 2.11. The highest BCUT2D eigenvalue weighted by atomic mass is 28.4. The molecule has 0 saturated carbocycles. The van der Waals surface area contributed by atoms with Crippen molar-refractivity contribution in [3.05, 3.63) is 35.9 Å². The molecule has 0 aromatic heterocycles. The summed E-state index contributed by atoms with van der Waals surface area (Å²) < 4.78 is 88.4. The SMILES string of the molecule is FC(C(F)(F)c1ccccc1)C(F)(F)[SiH](F)F. The first-order valence-corrected chi connectivity index (χ1v) is 5.89. The van der Waals surface area contributed by atoms with E-state index in [4.69, 9.17) is 0 Å². The van der Waals surface area contributed by atoms with Crippen molar-refractivity contribution in [2.45, 2.75) is 17.6 Å². The fourth-order valence-corrected chi connectivity index (χ4v) is 1.59. The molecule has 1 atom stereocenters. The Labute approximate surface area is 94.0 Å². The third-order valence-corrected chi connectivity index (χ3v) is 2.98. The first-order chi connectivity index (χ1) is 7.70. The molecule has 0 nitrogen and oxygen atoms in total. The topological polar surface area (TPSA) is 0 Å². The molecule has 0 bridgehead atoms. The van der Waals surface area contributed by atoms with Gasteiger partial charge in [0.15, 0.2) is 0 Å². The summed E-state index contributed by atoms with van der Waals surface area (Å²) in [7, 11) is -5.85. The molecule has 0 aliphatic rings. The zero-order valence-electron chi connectivity index (χ0n) is 8.19. The maximum atomic E-state index is 13.2. The molecule has 0 radical (unpaired) electrons. The highest BCUT2D eigenvalue weighted by Crippen LogP contribution is 2.42.